The quantitative estimate of drug-likeness (QED) is 0.912. The Morgan fingerprint density at radius 3 is 2.56 bits per heavy atom. The lowest BCUT2D eigenvalue weighted by Crippen LogP contribution is -2.33. The van der Waals surface area contributed by atoms with Gasteiger partial charge in [-0.05, 0) is 47.8 Å². The third-order valence-electron chi connectivity index (χ3n) is 2.68. The van der Waals surface area contributed by atoms with Crippen LogP contribution in [-0.4, -0.2) is 10.5 Å². The molecule has 1 aromatic heterocycles. The molecule has 0 unspecified atom stereocenters. The molecule has 0 atom stereocenters. The number of aromatic nitrogens is 1. The van der Waals surface area contributed by atoms with Crippen molar-refractivity contribution in [3.8, 4) is 0 Å². The van der Waals surface area contributed by atoms with Crippen LogP contribution in [0.25, 0.3) is 0 Å². The van der Waals surface area contributed by atoms with E-state index in [-0.39, 0.29) is 5.54 Å². The molecular weight excluding hydrogens is 288 g/mol. The molecule has 1 N–H and O–H groups in total. The normalized spacial score (nSPS) is 11.3. The van der Waals surface area contributed by atoms with Crippen LogP contribution in [-0.2, 0) is 6.42 Å². The van der Waals surface area contributed by atoms with Crippen molar-refractivity contribution in [3.05, 3.63) is 58.8 Å². The van der Waals surface area contributed by atoms with Crippen LogP contribution >= 0.6 is 15.9 Å². The fourth-order valence-electron chi connectivity index (χ4n) is 2.02. The SMILES string of the molecule is CC(C)(Cc1ccccc1)Nc1cncc(Br)c1. The van der Waals surface area contributed by atoms with Gasteiger partial charge in [0.05, 0.1) is 11.9 Å². The highest BCUT2D eigenvalue weighted by Gasteiger charge is 2.18. The van der Waals surface area contributed by atoms with E-state index in [2.05, 4.69) is 64.3 Å². The van der Waals surface area contributed by atoms with E-state index in [1.807, 2.05) is 18.3 Å². The van der Waals surface area contributed by atoms with Crippen molar-refractivity contribution in [2.75, 3.05) is 5.32 Å². The Labute approximate surface area is 117 Å². The molecule has 0 fully saturated rings. The Bertz CT molecular complexity index is 509. The van der Waals surface area contributed by atoms with Crippen LogP contribution in [0.1, 0.15) is 19.4 Å². The van der Waals surface area contributed by atoms with Gasteiger partial charge in [0.1, 0.15) is 0 Å². The predicted octanol–water partition coefficient (Wildman–Crippen LogP) is 4.28. The van der Waals surface area contributed by atoms with Crippen molar-refractivity contribution in [2.24, 2.45) is 0 Å². The van der Waals surface area contributed by atoms with Crippen LogP contribution in [0.3, 0.4) is 0 Å². The van der Waals surface area contributed by atoms with E-state index in [9.17, 15) is 0 Å². The second-order valence-corrected chi connectivity index (χ2v) is 5.98. The number of hydrogen-bond donors (Lipinski definition) is 1. The van der Waals surface area contributed by atoms with Crippen molar-refractivity contribution in [2.45, 2.75) is 25.8 Å². The third kappa shape index (κ3) is 3.84. The average molecular weight is 305 g/mol. The molecule has 2 aromatic rings. The van der Waals surface area contributed by atoms with E-state index in [1.54, 1.807) is 6.20 Å². The van der Waals surface area contributed by atoms with Crippen LogP contribution < -0.4 is 5.32 Å². The summed E-state index contributed by atoms with van der Waals surface area (Å²) in [4.78, 5) is 4.17. The van der Waals surface area contributed by atoms with Gasteiger partial charge in [-0.25, -0.2) is 0 Å². The van der Waals surface area contributed by atoms with Gasteiger partial charge in [-0.15, -0.1) is 0 Å². The Kier molecular flexibility index (Phi) is 4.02. The fourth-order valence-corrected chi connectivity index (χ4v) is 2.39. The zero-order valence-corrected chi connectivity index (χ0v) is 12.2. The zero-order chi connectivity index (χ0) is 13.0. The molecule has 0 amide bonds. The molecule has 0 aliphatic rings. The first-order valence-corrected chi connectivity index (χ1v) is 6.77. The molecule has 0 saturated heterocycles. The van der Waals surface area contributed by atoms with Crippen molar-refractivity contribution < 1.29 is 0 Å². The topological polar surface area (TPSA) is 24.9 Å². The lowest BCUT2D eigenvalue weighted by atomic mass is 9.95. The second kappa shape index (κ2) is 5.53. The van der Waals surface area contributed by atoms with E-state index in [4.69, 9.17) is 0 Å². The summed E-state index contributed by atoms with van der Waals surface area (Å²) in [6.07, 6.45) is 4.60. The van der Waals surface area contributed by atoms with Gasteiger partial charge < -0.3 is 5.32 Å². The molecule has 2 nitrogen and oxygen atoms in total. The highest BCUT2D eigenvalue weighted by molar-refractivity contribution is 9.10. The van der Waals surface area contributed by atoms with Gasteiger partial charge in [0.25, 0.3) is 0 Å². The number of rotatable bonds is 4. The Morgan fingerprint density at radius 1 is 1.17 bits per heavy atom. The lowest BCUT2D eigenvalue weighted by Gasteiger charge is -2.27. The van der Waals surface area contributed by atoms with Crippen LogP contribution in [0.4, 0.5) is 5.69 Å². The van der Waals surface area contributed by atoms with Crippen molar-refractivity contribution >= 4 is 21.6 Å². The van der Waals surface area contributed by atoms with E-state index in [0.717, 1.165) is 16.6 Å². The number of nitrogens with zero attached hydrogens (tertiary/aromatic N) is 1. The number of nitrogens with one attached hydrogen (secondary N) is 1. The largest absolute Gasteiger partial charge is 0.379 e. The summed E-state index contributed by atoms with van der Waals surface area (Å²) in [6.45, 7) is 4.39. The van der Waals surface area contributed by atoms with Gasteiger partial charge in [-0.2, -0.15) is 0 Å². The molecule has 94 valence electrons. The highest BCUT2D eigenvalue weighted by Crippen LogP contribution is 2.21. The van der Waals surface area contributed by atoms with Crippen LogP contribution in [0, 0.1) is 0 Å². The van der Waals surface area contributed by atoms with E-state index in [1.165, 1.54) is 5.56 Å². The number of anilines is 1. The molecule has 0 radical (unpaired) electrons. The molecule has 0 spiro atoms. The maximum absolute atomic E-state index is 4.17. The number of benzene rings is 1. The standard InChI is InChI=1S/C15H17BrN2/c1-15(2,9-12-6-4-3-5-7-12)18-14-8-13(16)10-17-11-14/h3-8,10-11,18H,9H2,1-2H3. The molecule has 0 bridgehead atoms. The predicted molar refractivity (Wildman–Crippen MR) is 79.8 cm³/mol. The third-order valence-corrected chi connectivity index (χ3v) is 3.11. The molecule has 2 rings (SSSR count). The van der Waals surface area contributed by atoms with Crippen molar-refractivity contribution in [1.29, 1.82) is 0 Å². The Hall–Kier alpha value is -1.35. The minimum atomic E-state index is -0.0101. The molecule has 0 saturated carbocycles. The average Bonchev–Trinajstić information content (AvgIpc) is 2.28. The summed E-state index contributed by atoms with van der Waals surface area (Å²) in [5.74, 6) is 0. The van der Waals surface area contributed by atoms with Gasteiger partial charge >= 0.3 is 0 Å². The smallest absolute Gasteiger partial charge is 0.0542 e. The van der Waals surface area contributed by atoms with E-state index >= 15 is 0 Å². The summed E-state index contributed by atoms with van der Waals surface area (Å²) in [7, 11) is 0. The lowest BCUT2D eigenvalue weighted by molar-refractivity contribution is 0.564. The monoisotopic (exact) mass is 304 g/mol. The summed E-state index contributed by atoms with van der Waals surface area (Å²) in [5.41, 5.74) is 2.35. The molecule has 0 aliphatic heterocycles. The van der Waals surface area contributed by atoms with Gasteiger partial charge in [-0.3, -0.25) is 4.98 Å². The minimum Gasteiger partial charge on any atom is -0.379 e. The zero-order valence-electron chi connectivity index (χ0n) is 10.7. The Balaban J connectivity index is 2.07. The maximum atomic E-state index is 4.17. The molecular formula is C15H17BrN2. The van der Waals surface area contributed by atoms with E-state index in [0.29, 0.717) is 0 Å². The summed E-state index contributed by atoms with van der Waals surface area (Å²) in [6, 6.07) is 12.5. The Morgan fingerprint density at radius 2 is 1.89 bits per heavy atom. The molecule has 1 aromatic carbocycles. The van der Waals surface area contributed by atoms with Gasteiger partial charge in [-0.1, -0.05) is 30.3 Å². The first-order chi connectivity index (χ1) is 8.55. The molecule has 1 heterocycles. The molecule has 18 heavy (non-hydrogen) atoms. The van der Waals surface area contributed by atoms with Crippen molar-refractivity contribution in [1.82, 2.24) is 4.98 Å². The second-order valence-electron chi connectivity index (χ2n) is 5.06. The van der Waals surface area contributed by atoms with E-state index < -0.39 is 0 Å². The maximum Gasteiger partial charge on any atom is 0.0542 e. The first kappa shape index (κ1) is 13.1. The first-order valence-electron chi connectivity index (χ1n) is 5.98. The fraction of sp³-hybridized carbons (Fsp3) is 0.267. The summed E-state index contributed by atoms with van der Waals surface area (Å²) >= 11 is 3.43. The molecule has 0 aliphatic carbocycles. The van der Waals surface area contributed by atoms with Crippen LogP contribution in [0.15, 0.2) is 53.3 Å². The number of halogens is 1. The van der Waals surface area contributed by atoms with Gasteiger partial charge in [0.2, 0.25) is 0 Å². The number of hydrogen-bond acceptors (Lipinski definition) is 2. The summed E-state index contributed by atoms with van der Waals surface area (Å²) < 4.78 is 0.989. The van der Waals surface area contributed by atoms with Gasteiger partial charge in [0, 0.05) is 16.2 Å². The van der Waals surface area contributed by atoms with Gasteiger partial charge in [0.15, 0.2) is 0 Å². The molecule has 3 heteroatoms. The van der Waals surface area contributed by atoms with Crippen LogP contribution in [0.5, 0.6) is 0 Å². The minimum absolute atomic E-state index is 0.0101. The summed E-state index contributed by atoms with van der Waals surface area (Å²) in [5, 5.41) is 3.52. The van der Waals surface area contributed by atoms with Crippen molar-refractivity contribution in [3.63, 3.8) is 0 Å². The highest BCUT2D eigenvalue weighted by atomic mass is 79.9. The van der Waals surface area contributed by atoms with Crippen LogP contribution in [0.2, 0.25) is 0 Å². The number of pyridine rings is 1.